The van der Waals surface area contributed by atoms with Gasteiger partial charge in [0.2, 0.25) is 5.91 Å². The summed E-state index contributed by atoms with van der Waals surface area (Å²) in [5.41, 5.74) is 0.707. The van der Waals surface area contributed by atoms with Gasteiger partial charge in [0.15, 0.2) is 0 Å². The molecule has 0 aromatic heterocycles. The molecule has 0 N–H and O–H groups in total. The molecule has 2 aromatic rings. The van der Waals surface area contributed by atoms with Crippen LogP contribution in [0.4, 0.5) is 13.2 Å². The van der Waals surface area contributed by atoms with Gasteiger partial charge in [0.25, 0.3) is 0 Å². The minimum Gasteiger partial charge on any atom is -0.434 e. The Balaban J connectivity index is 2.11. The van der Waals surface area contributed by atoms with Crippen LogP contribution in [0, 0.1) is 5.82 Å². The lowest BCUT2D eigenvalue weighted by Gasteiger charge is -2.15. The average Bonchev–Trinajstić information content (AvgIpc) is 2.56. The quantitative estimate of drug-likeness (QED) is 0.632. The first-order valence-electron chi connectivity index (χ1n) is 7.28. The van der Waals surface area contributed by atoms with Crippen molar-refractivity contribution in [3.05, 3.63) is 70.0 Å². The van der Waals surface area contributed by atoms with Gasteiger partial charge in [-0.1, -0.05) is 34.1 Å². The molecule has 0 spiro atoms. The molecule has 0 aliphatic rings. The first kappa shape index (κ1) is 19.1. The van der Waals surface area contributed by atoms with Gasteiger partial charge in [-0.05, 0) is 30.3 Å². The maximum absolute atomic E-state index is 13.6. The Bertz CT molecular complexity index is 781. The molecular weight excluding hydrogens is 399 g/mol. The van der Waals surface area contributed by atoms with Gasteiger partial charge in [0.05, 0.1) is 0 Å². The molecule has 0 bridgehead atoms. The minimum absolute atomic E-state index is 0.0426. The van der Waals surface area contributed by atoms with Crippen molar-refractivity contribution >= 4 is 27.9 Å². The molecule has 1 amide bonds. The van der Waals surface area contributed by atoms with E-state index < -0.39 is 18.3 Å². The highest BCUT2D eigenvalue weighted by Gasteiger charge is 2.11. The molecular formula is C18H15BrF3NO2. The summed E-state index contributed by atoms with van der Waals surface area (Å²) in [5.74, 6) is -0.837. The van der Waals surface area contributed by atoms with Crippen molar-refractivity contribution in [2.24, 2.45) is 0 Å². The molecule has 0 atom stereocenters. The van der Waals surface area contributed by atoms with Crippen LogP contribution in [0.15, 0.2) is 53.0 Å². The van der Waals surface area contributed by atoms with E-state index in [1.165, 1.54) is 36.2 Å². The van der Waals surface area contributed by atoms with Crippen LogP contribution in [0.25, 0.3) is 6.08 Å². The van der Waals surface area contributed by atoms with Crippen LogP contribution in [-0.4, -0.2) is 24.5 Å². The van der Waals surface area contributed by atoms with E-state index in [9.17, 15) is 18.0 Å². The number of alkyl halides is 2. The third kappa shape index (κ3) is 5.63. The lowest BCUT2D eigenvalue weighted by Crippen LogP contribution is -2.24. The van der Waals surface area contributed by atoms with Gasteiger partial charge in [0.1, 0.15) is 11.6 Å². The smallest absolute Gasteiger partial charge is 0.387 e. The molecule has 2 rings (SSSR count). The number of ether oxygens (including phenoxy) is 1. The standard InChI is InChI=1S/C18H15BrF3NO2/c1-23(11-13-4-2-3-5-15(13)20)17(24)9-6-12-10-14(19)7-8-16(12)25-18(21)22/h2-10,18H,11H2,1H3/b9-6+. The van der Waals surface area contributed by atoms with Gasteiger partial charge < -0.3 is 9.64 Å². The second-order valence-electron chi connectivity index (χ2n) is 5.18. The highest BCUT2D eigenvalue weighted by Crippen LogP contribution is 2.26. The molecule has 7 heteroatoms. The summed E-state index contributed by atoms with van der Waals surface area (Å²) < 4.78 is 43.6. The Morgan fingerprint density at radius 3 is 2.68 bits per heavy atom. The van der Waals surface area contributed by atoms with E-state index >= 15 is 0 Å². The third-order valence-electron chi connectivity index (χ3n) is 3.33. The van der Waals surface area contributed by atoms with E-state index in [-0.39, 0.29) is 12.3 Å². The van der Waals surface area contributed by atoms with Gasteiger partial charge in [-0.25, -0.2) is 4.39 Å². The maximum Gasteiger partial charge on any atom is 0.387 e. The van der Waals surface area contributed by atoms with Gasteiger partial charge in [-0.15, -0.1) is 0 Å². The average molecular weight is 414 g/mol. The van der Waals surface area contributed by atoms with E-state index in [4.69, 9.17) is 0 Å². The van der Waals surface area contributed by atoms with Crippen molar-refractivity contribution in [2.75, 3.05) is 7.05 Å². The predicted octanol–water partition coefficient (Wildman–Crippen LogP) is 4.86. The largest absolute Gasteiger partial charge is 0.434 e. The number of rotatable bonds is 6. The van der Waals surface area contributed by atoms with Crippen LogP contribution < -0.4 is 4.74 Å². The summed E-state index contributed by atoms with van der Waals surface area (Å²) in [6.07, 6.45) is 2.60. The molecule has 0 saturated carbocycles. The Kier molecular flexibility index (Phi) is 6.64. The zero-order valence-electron chi connectivity index (χ0n) is 13.3. The lowest BCUT2D eigenvalue weighted by atomic mass is 10.1. The van der Waals surface area contributed by atoms with Crippen LogP contribution >= 0.6 is 15.9 Å². The first-order valence-corrected chi connectivity index (χ1v) is 8.07. The number of nitrogens with zero attached hydrogens (tertiary/aromatic N) is 1. The number of hydrogen-bond acceptors (Lipinski definition) is 2. The SMILES string of the molecule is CN(Cc1ccccc1F)C(=O)/C=C/c1cc(Br)ccc1OC(F)F. The summed E-state index contributed by atoms with van der Waals surface area (Å²) in [6, 6.07) is 10.6. The summed E-state index contributed by atoms with van der Waals surface area (Å²) in [6.45, 7) is -2.87. The normalized spacial score (nSPS) is 11.1. The van der Waals surface area contributed by atoms with Crippen molar-refractivity contribution in [3.63, 3.8) is 0 Å². The second-order valence-corrected chi connectivity index (χ2v) is 6.10. The monoisotopic (exact) mass is 413 g/mol. The number of amides is 1. The number of halogens is 4. The molecule has 0 fully saturated rings. The third-order valence-corrected chi connectivity index (χ3v) is 3.83. The topological polar surface area (TPSA) is 29.5 Å². The maximum atomic E-state index is 13.6. The van der Waals surface area contributed by atoms with Crippen LogP contribution in [0.2, 0.25) is 0 Å². The Hall–Kier alpha value is -2.28. The molecule has 2 aromatic carbocycles. The highest BCUT2D eigenvalue weighted by molar-refractivity contribution is 9.10. The van der Waals surface area contributed by atoms with E-state index in [1.54, 1.807) is 30.3 Å². The highest BCUT2D eigenvalue weighted by atomic mass is 79.9. The predicted molar refractivity (Wildman–Crippen MR) is 92.7 cm³/mol. The fourth-order valence-corrected chi connectivity index (χ4v) is 2.48. The molecule has 0 unspecified atom stereocenters. The zero-order valence-corrected chi connectivity index (χ0v) is 14.8. The Morgan fingerprint density at radius 1 is 1.28 bits per heavy atom. The molecule has 0 heterocycles. The van der Waals surface area contributed by atoms with Gasteiger partial charge in [-0.2, -0.15) is 8.78 Å². The van der Waals surface area contributed by atoms with Gasteiger partial charge in [-0.3, -0.25) is 4.79 Å². The minimum atomic E-state index is -2.97. The second kappa shape index (κ2) is 8.71. The fourth-order valence-electron chi connectivity index (χ4n) is 2.10. The van der Waals surface area contributed by atoms with E-state index in [2.05, 4.69) is 20.7 Å². The fraction of sp³-hybridized carbons (Fsp3) is 0.167. The summed E-state index contributed by atoms with van der Waals surface area (Å²) in [5, 5.41) is 0. The molecule has 3 nitrogen and oxygen atoms in total. The summed E-state index contributed by atoms with van der Waals surface area (Å²) in [7, 11) is 1.52. The Morgan fingerprint density at radius 2 is 2.00 bits per heavy atom. The van der Waals surface area contributed by atoms with E-state index in [1.807, 2.05) is 0 Å². The van der Waals surface area contributed by atoms with Crippen molar-refractivity contribution in [1.82, 2.24) is 4.90 Å². The van der Waals surface area contributed by atoms with Gasteiger partial charge >= 0.3 is 6.61 Å². The molecule has 0 aliphatic carbocycles. The number of hydrogen-bond donors (Lipinski definition) is 0. The summed E-state index contributed by atoms with van der Waals surface area (Å²) in [4.78, 5) is 13.5. The molecule has 0 aliphatic heterocycles. The van der Waals surface area contributed by atoms with Crippen LogP contribution in [0.3, 0.4) is 0 Å². The Labute approximate surface area is 151 Å². The van der Waals surface area contributed by atoms with Crippen molar-refractivity contribution in [1.29, 1.82) is 0 Å². The van der Waals surface area contributed by atoms with E-state index in [0.29, 0.717) is 15.6 Å². The van der Waals surface area contributed by atoms with Crippen LogP contribution in [0.5, 0.6) is 5.75 Å². The van der Waals surface area contributed by atoms with Crippen molar-refractivity contribution < 1.29 is 22.7 Å². The van der Waals surface area contributed by atoms with Crippen molar-refractivity contribution in [3.8, 4) is 5.75 Å². The van der Waals surface area contributed by atoms with Crippen LogP contribution in [0.1, 0.15) is 11.1 Å². The number of carbonyl (C=O) groups is 1. The van der Waals surface area contributed by atoms with Crippen molar-refractivity contribution in [2.45, 2.75) is 13.2 Å². The number of carbonyl (C=O) groups excluding carboxylic acids is 1. The number of likely N-dealkylation sites (N-methyl/N-ethyl adjacent to an activating group) is 1. The van der Waals surface area contributed by atoms with E-state index in [0.717, 1.165) is 0 Å². The molecule has 132 valence electrons. The first-order chi connectivity index (χ1) is 11.9. The van der Waals surface area contributed by atoms with Gasteiger partial charge in [0, 0.05) is 35.3 Å². The van der Waals surface area contributed by atoms with Crippen LogP contribution in [-0.2, 0) is 11.3 Å². The zero-order chi connectivity index (χ0) is 18.4. The molecule has 0 saturated heterocycles. The summed E-state index contributed by atoms with van der Waals surface area (Å²) >= 11 is 3.24. The molecule has 0 radical (unpaired) electrons. The lowest BCUT2D eigenvalue weighted by molar-refractivity contribution is -0.125. The molecule has 25 heavy (non-hydrogen) atoms. The number of benzene rings is 2.